The number of nitrogens with one attached hydrogen (secondary N) is 1. The third-order valence-electron chi connectivity index (χ3n) is 3.03. The summed E-state index contributed by atoms with van der Waals surface area (Å²) in [5.74, 6) is 1.01. The summed E-state index contributed by atoms with van der Waals surface area (Å²) in [7, 11) is 0. The molecule has 4 heteroatoms. The lowest BCUT2D eigenvalue weighted by molar-refractivity contribution is 0.102. The molecule has 2 rings (SSSR count). The van der Waals surface area contributed by atoms with Gasteiger partial charge in [-0.25, -0.2) is 0 Å². The van der Waals surface area contributed by atoms with Gasteiger partial charge in [0, 0.05) is 11.6 Å². The predicted molar refractivity (Wildman–Crippen MR) is 86.4 cm³/mol. The Kier molecular flexibility index (Phi) is 5.64. The fourth-order valence-electron chi connectivity index (χ4n) is 2.00. The summed E-state index contributed by atoms with van der Waals surface area (Å²) < 4.78 is 5.47. The third kappa shape index (κ3) is 4.23. The number of alkyl halides is 1. The van der Waals surface area contributed by atoms with Crippen molar-refractivity contribution in [3.05, 3.63) is 59.7 Å². The zero-order chi connectivity index (χ0) is 15.1. The number of hydrogen-bond acceptors (Lipinski definition) is 2. The lowest BCUT2D eigenvalue weighted by Gasteiger charge is -2.10. The molecular formula is C17H18ClNO2. The Labute approximate surface area is 129 Å². The number of para-hydroxylation sites is 1. The summed E-state index contributed by atoms with van der Waals surface area (Å²) in [6.07, 6.45) is 0.822. The largest absolute Gasteiger partial charge is 0.493 e. The van der Waals surface area contributed by atoms with Crippen LogP contribution in [-0.2, 0) is 6.42 Å². The minimum Gasteiger partial charge on any atom is -0.493 e. The van der Waals surface area contributed by atoms with Gasteiger partial charge in [0.05, 0.1) is 12.2 Å². The maximum absolute atomic E-state index is 12.3. The van der Waals surface area contributed by atoms with Crippen molar-refractivity contribution in [3.8, 4) is 5.75 Å². The highest BCUT2D eigenvalue weighted by molar-refractivity contribution is 6.18. The number of carbonyl (C=O) groups is 1. The molecule has 0 radical (unpaired) electrons. The van der Waals surface area contributed by atoms with Crippen molar-refractivity contribution in [2.75, 3.05) is 17.8 Å². The van der Waals surface area contributed by atoms with Crippen LogP contribution in [0.15, 0.2) is 48.5 Å². The fraction of sp³-hybridized carbons (Fsp3) is 0.235. The summed E-state index contributed by atoms with van der Waals surface area (Å²) in [6, 6.07) is 14.9. The molecule has 110 valence electrons. The molecule has 0 atom stereocenters. The van der Waals surface area contributed by atoms with Crippen LogP contribution in [-0.4, -0.2) is 18.4 Å². The van der Waals surface area contributed by atoms with E-state index in [2.05, 4.69) is 5.32 Å². The van der Waals surface area contributed by atoms with E-state index in [0.29, 0.717) is 23.8 Å². The van der Waals surface area contributed by atoms with Crippen molar-refractivity contribution < 1.29 is 9.53 Å². The van der Waals surface area contributed by atoms with Crippen LogP contribution in [0.1, 0.15) is 22.8 Å². The number of amides is 1. The molecule has 0 aliphatic rings. The average Bonchev–Trinajstić information content (AvgIpc) is 2.50. The van der Waals surface area contributed by atoms with E-state index in [1.54, 1.807) is 12.1 Å². The minimum absolute atomic E-state index is 0.177. The fourth-order valence-corrected chi connectivity index (χ4v) is 2.22. The lowest BCUT2D eigenvalue weighted by Crippen LogP contribution is -2.13. The number of halogens is 1. The Balaban J connectivity index is 2.10. The monoisotopic (exact) mass is 303 g/mol. The van der Waals surface area contributed by atoms with Gasteiger partial charge in [-0.05, 0) is 43.2 Å². The van der Waals surface area contributed by atoms with Crippen molar-refractivity contribution in [1.82, 2.24) is 0 Å². The van der Waals surface area contributed by atoms with Crippen LogP contribution in [0.3, 0.4) is 0 Å². The summed E-state index contributed by atoms with van der Waals surface area (Å²) in [5.41, 5.74) is 2.44. The SMILES string of the molecule is CCOc1ccccc1C(=O)Nc1ccc(CCCl)cc1. The van der Waals surface area contributed by atoms with E-state index in [0.717, 1.165) is 17.7 Å². The molecule has 0 saturated carbocycles. The molecule has 0 aliphatic carbocycles. The first kappa shape index (κ1) is 15.4. The predicted octanol–water partition coefficient (Wildman–Crippen LogP) is 4.12. The topological polar surface area (TPSA) is 38.3 Å². The first-order valence-electron chi connectivity index (χ1n) is 6.92. The summed E-state index contributed by atoms with van der Waals surface area (Å²) in [4.78, 5) is 12.3. The smallest absolute Gasteiger partial charge is 0.259 e. The van der Waals surface area contributed by atoms with Gasteiger partial charge in [-0.1, -0.05) is 24.3 Å². The van der Waals surface area contributed by atoms with Crippen LogP contribution < -0.4 is 10.1 Å². The van der Waals surface area contributed by atoms with Gasteiger partial charge < -0.3 is 10.1 Å². The highest BCUT2D eigenvalue weighted by atomic mass is 35.5. The number of aryl methyl sites for hydroxylation is 1. The Hall–Kier alpha value is -2.00. The van der Waals surface area contributed by atoms with Crippen molar-refractivity contribution in [3.63, 3.8) is 0 Å². The molecule has 1 N–H and O–H groups in total. The maximum Gasteiger partial charge on any atom is 0.259 e. The molecule has 0 aromatic heterocycles. The molecule has 0 spiro atoms. The lowest BCUT2D eigenvalue weighted by atomic mass is 10.1. The van der Waals surface area contributed by atoms with Crippen LogP contribution in [0, 0.1) is 0 Å². The van der Waals surface area contributed by atoms with E-state index in [9.17, 15) is 4.79 Å². The third-order valence-corrected chi connectivity index (χ3v) is 3.22. The quantitative estimate of drug-likeness (QED) is 0.815. The normalized spacial score (nSPS) is 10.2. The Bertz CT molecular complexity index is 596. The second-order valence-corrected chi connectivity index (χ2v) is 4.90. The van der Waals surface area contributed by atoms with Crippen molar-refractivity contribution in [2.24, 2.45) is 0 Å². The van der Waals surface area contributed by atoms with Gasteiger partial charge in [-0.3, -0.25) is 4.79 Å². The van der Waals surface area contributed by atoms with Gasteiger partial charge in [0.25, 0.3) is 5.91 Å². The number of rotatable bonds is 6. The van der Waals surface area contributed by atoms with Crippen molar-refractivity contribution >= 4 is 23.2 Å². The highest BCUT2D eigenvalue weighted by Crippen LogP contribution is 2.20. The molecule has 0 unspecified atom stereocenters. The van der Waals surface area contributed by atoms with Gasteiger partial charge in [-0.15, -0.1) is 11.6 Å². The number of benzene rings is 2. The van der Waals surface area contributed by atoms with Gasteiger partial charge in [0.1, 0.15) is 5.75 Å². The van der Waals surface area contributed by atoms with E-state index in [1.807, 2.05) is 43.3 Å². The zero-order valence-electron chi connectivity index (χ0n) is 11.9. The van der Waals surface area contributed by atoms with Crippen LogP contribution in [0.4, 0.5) is 5.69 Å². The number of carbonyl (C=O) groups excluding carboxylic acids is 1. The van der Waals surface area contributed by atoms with Crippen LogP contribution in [0.2, 0.25) is 0 Å². The molecule has 0 bridgehead atoms. The average molecular weight is 304 g/mol. The molecule has 3 nitrogen and oxygen atoms in total. The first-order chi connectivity index (χ1) is 10.2. The van der Waals surface area contributed by atoms with E-state index >= 15 is 0 Å². The van der Waals surface area contributed by atoms with Gasteiger partial charge >= 0.3 is 0 Å². The molecule has 21 heavy (non-hydrogen) atoms. The molecular weight excluding hydrogens is 286 g/mol. The zero-order valence-corrected chi connectivity index (χ0v) is 12.7. The van der Waals surface area contributed by atoms with Crippen LogP contribution in [0.25, 0.3) is 0 Å². The standard InChI is InChI=1S/C17H18ClNO2/c1-2-21-16-6-4-3-5-15(16)17(20)19-14-9-7-13(8-10-14)11-12-18/h3-10H,2,11-12H2,1H3,(H,19,20). The Morgan fingerprint density at radius 2 is 1.86 bits per heavy atom. The van der Waals surface area contributed by atoms with Crippen LogP contribution >= 0.6 is 11.6 Å². The second-order valence-electron chi connectivity index (χ2n) is 4.52. The van der Waals surface area contributed by atoms with Gasteiger partial charge in [0.2, 0.25) is 0 Å². The summed E-state index contributed by atoms with van der Waals surface area (Å²) in [5, 5.41) is 2.87. The Morgan fingerprint density at radius 3 is 2.52 bits per heavy atom. The Morgan fingerprint density at radius 1 is 1.14 bits per heavy atom. The second kappa shape index (κ2) is 7.70. The first-order valence-corrected chi connectivity index (χ1v) is 7.46. The molecule has 0 saturated heterocycles. The van der Waals surface area contributed by atoms with Crippen molar-refractivity contribution in [1.29, 1.82) is 0 Å². The molecule has 0 fully saturated rings. The molecule has 1 amide bonds. The number of anilines is 1. The molecule has 2 aromatic carbocycles. The minimum atomic E-state index is -0.177. The summed E-state index contributed by atoms with van der Waals surface area (Å²) in [6.45, 7) is 2.42. The highest BCUT2D eigenvalue weighted by Gasteiger charge is 2.11. The molecule has 0 heterocycles. The van der Waals surface area contributed by atoms with E-state index < -0.39 is 0 Å². The number of hydrogen-bond donors (Lipinski definition) is 1. The maximum atomic E-state index is 12.3. The van der Waals surface area contributed by atoms with Gasteiger partial charge in [0.15, 0.2) is 0 Å². The number of ether oxygens (including phenoxy) is 1. The van der Waals surface area contributed by atoms with Crippen LogP contribution in [0.5, 0.6) is 5.75 Å². The van der Waals surface area contributed by atoms with Gasteiger partial charge in [-0.2, -0.15) is 0 Å². The summed E-state index contributed by atoms with van der Waals surface area (Å²) >= 11 is 5.70. The molecule has 0 aliphatic heterocycles. The van der Waals surface area contributed by atoms with E-state index in [-0.39, 0.29) is 5.91 Å². The van der Waals surface area contributed by atoms with Crippen molar-refractivity contribution in [2.45, 2.75) is 13.3 Å². The van der Waals surface area contributed by atoms with E-state index in [1.165, 1.54) is 0 Å². The molecule has 2 aromatic rings. The van der Waals surface area contributed by atoms with E-state index in [4.69, 9.17) is 16.3 Å².